The van der Waals surface area contributed by atoms with Crippen molar-refractivity contribution in [2.24, 2.45) is 10.7 Å². The monoisotopic (exact) mass is 416 g/mol. The zero-order valence-corrected chi connectivity index (χ0v) is 17.3. The maximum absolute atomic E-state index is 13.4. The molecule has 1 fully saturated rings. The van der Waals surface area contributed by atoms with E-state index < -0.39 is 17.3 Å². The molecule has 164 valence electrons. The first-order chi connectivity index (χ1) is 13.5. The highest BCUT2D eigenvalue weighted by Crippen LogP contribution is 2.35. The second-order valence-electron chi connectivity index (χ2n) is 7.97. The van der Waals surface area contributed by atoms with Gasteiger partial charge in [-0.05, 0) is 51.4 Å². The highest BCUT2D eigenvalue weighted by Gasteiger charge is 2.34. The summed E-state index contributed by atoms with van der Waals surface area (Å²) in [6.07, 6.45) is -3.63. The molecule has 0 aromatic heterocycles. The highest BCUT2D eigenvalue weighted by molar-refractivity contribution is 5.77. The second kappa shape index (κ2) is 10.2. The lowest BCUT2D eigenvalue weighted by Gasteiger charge is -2.26. The third-order valence-electron chi connectivity index (χ3n) is 4.29. The van der Waals surface area contributed by atoms with E-state index >= 15 is 0 Å². The van der Waals surface area contributed by atoms with Crippen LogP contribution in [0.3, 0.4) is 0 Å². The maximum Gasteiger partial charge on any atom is 0.416 e. The number of nitrogens with two attached hydrogens (primary N) is 1. The fraction of sp³-hybridized carbons (Fsp3) is 0.650. The number of nitrogens with one attached hydrogen (secondary N) is 1. The van der Waals surface area contributed by atoms with Crippen LogP contribution in [0.15, 0.2) is 23.2 Å². The highest BCUT2D eigenvalue weighted by atomic mass is 19.4. The van der Waals surface area contributed by atoms with Crippen molar-refractivity contribution in [3.05, 3.63) is 29.3 Å². The van der Waals surface area contributed by atoms with Gasteiger partial charge in [0.2, 0.25) is 0 Å². The number of guanidine groups is 1. The number of aliphatic imine (C=N–C) groups is 1. The molecule has 1 heterocycles. The summed E-state index contributed by atoms with van der Waals surface area (Å²) < 4.78 is 51.2. The summed E-state index contributed by atoms with van der Waals surface area (Å²) in [5.41, 5.74) is 4.52. The molecule has 1 aliphatic rings. The summed E-state index contributed by atoms with van der Waals surface area (Å²) in [6, 6.07) is 3.93. The van der Waals surface area contributed by atoms with Crippen molar-refractivity contribution in [2.45, 2.75) is 45.5 Å². The van der Waals surface area contributed by atoms with Crippen LogP contribution in [-0.2, 0) is 17.5 Å². The summed E-state index contributed by atoms with van der Waals surface area (Å²) in [6.45, 7) is 10.0. The van der Waals surface area contributed by atoms with Gasteiger partial charge in [-0.1, -0.05) is 6.07 Å². The minimum atomic E-state index is -4.50. The summed E-state index contributed by atoms with van der Waals surface area (Å²) in [4.78, 5) is 6.37. The molecule has 9 heteroatoms. The Kier molecular flexibility index (Phi) is 8.15. The van der Waals surface area contributed by atoms with Gasteiger partial charge in [-0.2, -0.15) is 13.2 Å². The average Bonchev–Trinajstić information content (AvgIpc) is 2.63. The molecule has 1 saturated heterocycles. The zero-order chi connectivity index (χ0) is 21.5. The molecule has 1 aliphatic heterocycles. The number of benzene rings is 1. The van der Waals surface area contributed by atoms with Gasteiger partial charge in [0.25, 0.3) is 0 Å². The number of hydrogen-bond acceptors (Lipinski definition) is 4. The summed E-state index contributed by atoms with van der Waals surface area (Å²) >= 11 is 0. The topological polar surface area (TPSA) is 72.1 Å². The molecule has 3 N–H and O–H groups in total. The Balaban J connectivity index is 1.91. The fourth-order valence-electron chi connectivity index (χ4n) is 2.94. The molecule has 0 spiro atoms. The molecular weight excluding hydrogens is 385 g/mol. The molecule has 0 saturated carbocycles. The average molecular weight is 416 g/mol. The zero-order valence-electron chi connectivity index (χ0n) is 17.3. The molecule has 6 nitrogen and oxygen atoms in total. The van der Waals surface area contributed by atoms with Crippen LogP contribution in [0.25, 0.3) is 0 Å². The van der Waals surface area contributed by atoms with Crippen molar-refractivity contribution < 1.29 is 22.6 Å². The van der Waals surface area contributed by atoms with Crippen molar-refractivity contribution in [3.63, 3.8) is 0 Å². The lowest BCUT2D eigenvalue weighted by Crippen LogP contribution is -2.39. The third-order valence-corrected chi connectivity index (χ3v) is 4.29. The van der Waals surface area contributed by atoms with E-state index in [0.29, 0.717) is 6.54 Å². The minimum Gasteiger partial charge on any atom is -0.488 e. The van der Waals surface area contributed by atoms with Crippen LogP contribution < -0.4 is 15.8 Å². The number of rotatable bonds is 7. The van der Waals surface area contributed by atoms with E-state index in [1.54, 1.807) is 20.8 Å². The van der Waals surface area contributed by atoms with Crippen molar-refractivity contribution in [2.75, 3.05) is 39.4 Å². The van der Waals surface area contributed by atoms with Crippen LogP contribution in [0.5, 0.6) is 5.75 Å². The normalized spacial score (nSPS) is 16.7. The Morgan fingerprint density at radius 2 is 1.93 bits per heavy atom. The molecule has 0 atom stereocenters. The van der Waals surface area contributed by atoms with Crippen molar-refractivity contribution in [1.29, 1.82) is 0 Å². The quantitative estimate of drug-likeness (QED) is 0.406. The molecule has 0 bridgehead atoms. The first-order valence-corrected chi connectivity index (χ1v) is 9.77. The first kappa shape index (κ1) is 23.3. The van der Waals surface area contributed by atoms with Gasteiger partial charge in [-0.3, -0.25) is 4.90 Å². The molecular formula is C20H31F3N4O2. The van der Waals surface area contributed by atoms with E-state index in [1.165, 1.54) is 12.1 Å². The Morgan fingerprint density at radius 1 is 1.24 bits per heavy atom. The Bertz CT molecular complexity index is 681. The van der Waals surface area contributed by atoms with E-state index in [4.69, 9.17) is 15.2 Å². The van der Waals surface area contributed by atoms with E-state index in [-0.39, 0.29) is 23.8 Å². The lowest BCUT2D eigenvalue weighted by molar-refractivity contribution is -0.138. The van der Waals surface area contributed by atoms with Crippen molar-refractivity contribution in [3.8, 4) is 5.75 Å². The molecule has 0 aliphatic carbocycles. The van der Waals surface area contributed by atoms with E-state index in [9.17, 15) is 13.2 Å². The van der Waals surface area contributed by atoms with Gasteiger partial charge in [0, 0.05) is 19.6 Å². The van der Waals surface area contributed by atoms with Crippen LogP contribution in [0, 0.1) is 0 Å². The molecule has 2 rings (SSSR count). The molecule has 1 aromatic rings. The number of halogens is 3. The molecule has 0 unspecified atom stereocenters. The first-order valence-electron chi connectivity index (χ1n) is 9.77. The van der Waals surface area contributed by atoms with E-state index in [0.717, 1.165) is 45.3 Å². The number of morpholine rings is 1. The Labute approximate surface area is 170 Å². The minimum absolute atomic E-state index is 0.0526. The maximum atomic E-state index is 13.4. The largest absolute Gasteiger partial charge is 0.488 e. The second-order valence-corrected chi connectivity index (χ2v) is 7.97. The van der Waals surface area contributed by atoms with Crippen LogP contribution in [0.1, 0.15) is 38.3 Å². The molecule has 0 radical (unpaired) electrons. The van der Waals surface area contributed by atoms with Gasteiger partial charge < -0.3 is 20.5 Å². The lowest BCUT2D eigenvalue weighted by atomic mass is 10.1. The van der Waals surface area contributed by atoms with Gasteiger partial charge in [0.05, 0.1) is 25.3 Å². The molecule has 0 amide bonds. The predicted molar refractivity (Wildman–Crippen MR) is 107 cm³/mol. The van der Waals surface area contributed by atoms with Gasteiger partial charge in [-0.15, -0.1) is 0 Å². The summed E-state index contributed by atoms with van der Waals surface area (Å²) in [7, 11) is 0. The SMILES string of the molecule is CC(C)(C)Oc1ccc(CN=C(N)NCCCN2CCOCC2)c(C(F)(F)F)c1. The molecule has 1 aromatic carbocycles. The fourth-order valence-corrected chi connectivity index (χ4v) is 2.94. The standard InChI is InChI=1S/C20H31F3N4O2/c1-19(2,3)29-16-6-5-15(17(13-16)20(21,22)23)14-26-18(24)25-7-4-8-27-9-11-28-12-10-27/h5-6,13H,4,7-12,14H2,1-3H3,(H3,24,25,26). The third kappa shape index (κ3) is 8.49. The van der Waals surface area contributed by atoms with Crippen molar-refractivity contribution in [1.82, 2.24) is 10.2 Å². The van der Waals surface area contributed by atoms with Crippen molar-refractivity contribution >= 4 is 5.96 Å². The van der Waals surface area contributed by atoms with E-state index in [1.807, 2.05) is 0 Å². The number of hydrogen-bond donors (Lipinski definition) is 2. The number of alkyl halides is 3. The van der Waals surface area contributed by atoms with Gasteiger partial charge >= 0.3 is 6.18 Å². The van der Waals surface area contributed by atoms with Crippen LogP contribution in [0.4, 0.5) is 13.2 Å². The summed E-state index contributed by atoms with van der Waals surface area (Å²) in [5, 5.41) is 2.96. The number of ether oxygens (including phenoxy) is 2. The van der Waals surface area contributed by atoms with Gasteiger partial charge in [0.1, 0.15) is 11.4 Å². The van der Waals surface area contributed by atoms with Crippen LogP contribution in [-0.4, -0.2) is 55.9 Å². The van der Waals surface area contributed by atoms with Gasteiger partial charge in [-0.25, -0.2) is 4.99 Å². The number of nitrogens with zero attached hydrogens (tertiary/aromatic N) is 2. The van der Waals surface area contributed by atoms with E-state index in [2.05, 4.69) is 15.2 Å². The van der Waals surface area contributed by atoms with Gasteiger partial charge in [0.15, 0.2) is 5.96 Å². The molecule has 29 heavy (non-hydrogen) atoms. The smallest absolute Gasteiger partial charge is 0.416 e. The van der Waals surface area contributed by atoms with Crippen LogP contribution in [0.2, 0.25) is 0 Å². The predicted octanol–water partition coefficient (Wildman–Crippen LogP) is 3.01. The Morgan fingerprint density at radius 3 is 2.55 bits per heavy atom. The Hall–Kier alpha value is -2.00. The summed E-state index contributed by atoms with van der Waals surface area (Å²) in [5.74, 6) is 0.307. The van der Waals surface area contributed by atoms with Crippen LogP contribution >= 0.6 is 0 Å².